The fourth-order valence-corrected chi connectivity index (χ4v) is 1.44. The molecule has 0 saturated heterocycles. The predicted molar refractivity (Wildman–Crippen MR) is 66.7 cm³/mol. The summed E-state index contributed by atoms with van der Waals surface area (Å²) in [6.07, 6.45) is 8.37. The van der Waals surface area contributed by atoms with Gasteiger partial charge in [0, 0.05) is 12.4 Å². The van der Waals surface area contributed by atoms with Crippen molar-refractivity contribution in [3.8, 4) is 0 Å². The van der Waals surface area contributed by atoms with Crippen molar-refractivity contribution in [1.82, 2.24) is 4.98 Å². The molecule has 0 radical (unpaired) electrons. The van der Waals surface area contributed by atoms with Crippen molar-refractivity contribution in [1.29, 1.82) is 0 Å². The zero-order chi connectivity index (χ0) is 11.4. The van der Waals surface area contributed by atoms with Gasteiger partial charge in [0.2, 0.25) is 0 Å². The van der Waals surface area contributed by atoms with Crippen LogP contribution in [-0.2, 0) is 0 Å². The highest BCUT2D eigenvalue weighted by Gasteiger charge is 2.03. The second-order valence-corrected chi connectivity index (χ2v) is 4.65. The minimum Gasteiger partial charge on any atom is -0.264 e. The van der Waals surface area contributed by atoms with E-state index in [0.717, 1.165) is 0 Å². The molecular formula is C14H21N. The Morgan fingerprint density at radius 1 is 1.07 bits per heavy atom. The first-order valence-electron chi connectivity index (χ1n) is 5.61. The van der Waals surface area contributed by atoms with Gasteiger partial charge in [0.05, 0.1) is 0 Å². The third kappa shape index (κ3) is 3.19. The van der Waals surface area contributed by atoms with Crippen molar-refractivity contribution in [3.05, 3.63) is 35.2 Å². The Labute approximate surface area is 93.2 Å². The van der Waals surface area contributed by atoms with E-state index >= 15 is 0 Å². The highest BCUT2D eigenvalue weighted by Crippen LogP contribution is 2.17. The van der Waals surface area contributed by atoms with Crippen LogP contribution in [0.5, 0.6) is 0 Å². The van der Waals surface area contributed by atoms with Gasteiger partial charge in [-0.15, -0.1) is 0 Å². The predicted octanol–water partition coefficient (Wildman–Crippen LogP) is 4.00. The van der Waals surface area contributed by atoms with Gasteiger partial charge in [0.15, 0.2) is 0 Å². The maximum Gasteiger partial charge on any atom is 0.0303 e. The lowest BCUT2D eigenvalue weighted by atomic mass is 9.96. The number of allylic oxidation sites excluding steroid dienone is 1. The van der Waals surface area contributed by atoms with Gasteiger partial charge in [-0.05, 0) is 42.4 Å². The second kappa shape index (κ2) is 5.11. The van der Waals surface area contributed by atoms with Crippen LogP contribution in [0.4, 0.5) is 0 Å². The molecule has 0 aliphatic rings. The first-order chi connectivity index (χ1) is 7.02. The molecule has 1 heteroatoms. The lowest BCUT2D eigenvalue weighted by molar-refractivity contribution is 0.506. The molecule has 82 valence electrons. The molecule has 0 saturated carbocycles. The molecule has 1 atom stereocenters. The van der Waals surface area contributed by atoms with Crippen molar-refractivity contribution in [2.75, 3.05) is 0 Å². The van der Waals surface area contributed by atoms with Crippen molar-refractivity contribution in [3.63, 3.8) is 0 Å². The normalized spacial score (nSPS) is 13.7. The van der Waals surface area contributed by atoms with E-state index in [4.69, 9.17) is 0 Å². The molecule has 1 aromatic rings. The van der Waals surface area contributed by atoms with Crippen LogP contribution in [0.2, 0.25) is 0 Å². The fourth-order valence-electron chi connectivity index (χ4n) is 1.44. The van der Waals surface area contributed by atoms with Crippen LogP contribution < -0.4 is 0 Å². The third-order valence-electron chi connectivity index (χ3n) is 3.00. The zero-order valence-corrected chi connectivity index (χ0v) is 10.4. The van der Waals surface area contributed by atoms with Crippen molar-refractivity contribution in [2.24, 2.45) is 11.8 Å². The molecule has 15 heavy (non-hydrogen) atoms. The Morgan fingerprint density at radius 2 is 1.60 bits per heavy atom. The highest BCUT2D eigenvalue weighted by molar-refractivity contribution is 5.56. The Bertz CT molecular complexity index is 330. The molecule has 1 unspecified atom stereocenters. The van der Waals surface area contributed by atoms with E-state index in [0.29, 0.717) is 11.8 Å². The highest BCUT2D eigenvalue weighted by atomic mass is 14.6. The minimum absolute atomic E-state index is 0.622. The zero-order valence-electron chi connectivity index (χ0n) is 10.4. The Balaban J connectivity index is 2.89. The summed E-state index contributed by atoms with van der Waals surface area (Å²) < 4.78 is 0. The number of nitrogens with zero attached hydrogens (tertiary/aromatic N) is 1. The molecule has 0 spiro atoms. The summed E-state index contributed by atoms with van der Waals surface area (Å²) in [5.74, 6) is 1.32. The fraction of sp³-hybridized carbons (Fsp3) is 0.500. The van der Waals surface area contributed by atoms with Crippen molar-refractivity contribution in [2.45, 2.75) is 34.6 Å². The third-order valence-corrected chi connectivity index (χ3v) is 3.00. The standard InChI is InChI=1S/C14H21N/c1-10(2)11(3)6-7-14-12(4)8-15-9-13(14)5/h6-11H,1-5H3/b7-6-. The monoisotopic (exact) mass is 203 g/mol. The lowest BCUT2D eigenvalue weighted by Gasteiger charge is -2.10. The van der Waals surface area contributed by atoms with E-state index in [9.17, 15) is 0 Å². The molecule has 1 heterocycles. The Morgan fingerprint density at radius 3 is 2.07 bits per heavy atom. The quantitative estimate of drug-likeness (QED) is 0.723. The van der Waals surface area contributed by atoms with Gasteiger partial charge >= 0.3 is 0 Å². The van der Waals surface area contributed by atoms with Crippen LogP contribution in [0, 0.1) is 25.7 Å². The molecule has 0 aliphatic heterocycles. The molecule has 0 aliphatic carbocycles. The van der Waals surface area contributed by atoms with Gasteiger partial charge in [-0.3, -0.25) is 4.98 Å². The van der Waals surface area contributed by atoms with Gasteiger partial charge in [-0.25, -0.2) is 0 Å². The van der Waals surface area contributed by atoms with E-state index in [1.165, 1.54) is 16.7 Å². The lowest BCUT2D eigenvalue weighted by Crippen LogP contribution is -1.99. The van der Waals surface area contributed by atoms with Crippen molar-refractivity contribution < 1.29 is 0 Å². The van der Waals surface area contributed by atoms with Gasteiger partial charge in [-0.2, -0.15) is 0 Å². The molecule has 1 aromatic heterocycles. The average Bonchev–Trinajstić information content (AvgIpc) is 2.16. The minimum atomic E-state index is 0.622. The second-order valence-electron chi connectivity index (χ2n) is 4.65. The molecule has 1 rings (SSSR count). The maximum atomic E-state index is 4.17. The van der Waals surface area contributed by atoms with Gasteiger partial charge < -0.3 is 0 Å². The largest absolute Gasteiger partial charge is 0.264 e. The Hall–Kier alpha value is -1.11. The molecule has 0 bridgehead atoms. The number of rotatable bonds is 3. The number of hydrogen-bond donors (Lipinski definition) is 0. The molecule has 0 amide bonds. The number of aryl methyl sites for hydroxylation is 2. The van der Waals surface area contributed by atoms with Crippen LogP contribution in [0.15, 0.2) is 18.5 Å². The van der Waals surface area contributed by atoms with E-state index in [-0.39, 0.29) is 0 Å². The molecule has 0 aromatic carbocycles. The maximum absolute atomic E-state index is 4.17. The van der Waals surface area contributed by atoms with Crippen LogP contribution in [0.3, 0.4) is 0 Å². The van der Waals surface area contributed by atoms with Gasteiger partial charge in [-0.1, -0.05) is 32.9 Å². The van der Waals surface area contributed by atoms with E-state index in [2.05, 4.69) is 51.8 Å². The Kier molecular flexibility index (Phi) is 4.07. The summed E-state index contributed by atoms with van der Waals surface area (Å²) in [4.78, 5) is 4.17. The smallest absolute Gasteiger partial charge is 0.0303 e. The summed E-state index contributed by atoms with van der Waals surface area (Å²) in [5, 5.41) is 0. The van der Waals surface area contributed by atoms with E-state index in [1.807, 2.05) is 12.4 Å². The molecule has 0 N–H and O–H groups in total. The average molecular weight is 203 g/mol. The number of aromatic nitrogens is 1. The summed E-state index contributed by atoms with van der Waals surface area (Å²) >= 11 is 0. The van der Waals surface area contributed by atoms with Crippen LogP contribution in [0.25, 0.3) is 6.08 Å². The summed E-state index contributed by atoms with van der Waals surface area (Å²) in [6.45, 7) is 11.0. The summed E-state index contributed by atoms with van der Waals surface area (Å²) in [6, 6.07) is 0. The SMILES string of the molecule is Cc1cncc(C)c1/C=C\C(C)C(C)C. The van der Waals surface area contributed by atoms with E-state index < -0.39 is 0 Å². The van der Waals surface area contributed by atoms with E-state index in [1.54, 1.807) is 0 Å². The first kappa shape index (κ1) is 12.0. The molecule has 1 nitrogen and oxygen atoms in total. The molecule has 0 fully saturated rings. The van der Waals surface area contributed by atoms with Crippen LogP contribution >= 0.6 is 0 Å². The van der Waals surface area contributed by atoms with Crippen LogP contribution in [-0.4, -0.2) is 4.98 Å². The first-order valence-corrected chi connectivity index (χ1v) is 5.61. The van der Waals surface area contributed by atoms with Crippen molar-refractivity contribution >= 4 is 6.08 Å². The van der Waals surface area contributed by atoms with Crippen LogP contribution in [0.1, 0.15) is 37.5 Å². The number of pyridine rings is 1. The number of hydrogen-bond acceptors (Lipinski definition) is 1. The van der Waals surface area contributed by atoms with Gasteiger partial charge in [0.25, 0.3) is 0 Å². The van der Waals surface area contributed by atoms with Gasteiger partial charge in [0.1, 0.15) is 0 Å². The molecular weight excluding hydrogens is 182 g/mol. The summed E-state index contributed by atoms with van der Waals surface area (Å²) in [5.41, 5.74) is 3.82. The topological polar surface area (TPSA) is 12.9 Å². The summed E-state index contributed by atoms with van der Waals surface area (Å²) in [7, 11) is 0.